The molecule has 12 heavy (non-hydrogen) atoms. The van der Waals surface area contributed by atoms with Gasteiger partial charge in [-0.1, -0.05) is 11.7 Å². The Bertz CT molecular complexity index is 185. The SMILES string of the molecule is C=C(F)C(F)(N(C)F)C(F)(F)F. The maximum Gasteiger partial charge on any atom is 0.445 e. The van der Waals surface area contributed by atoms with E-state index in [2.05, 4.69) is 6.58 Å². The van der Waals surface area contributed by atoms with Gasteiger partial charge in [0, 0.05) is 7.05 Å². The lowest BCUT2D eigenvalue weighted by Crippen LogP contribution is -2.51. The van der Waals surface area contributed by atoms with Crippen molar-refractivity contribution in [2.75, 3.05) is 7.05 Å². The second-order valence-electron chi connectivity index (χ2n) is 2.00. The van der Waals surface area contributed by atoms with E-state index in [4.69, 9.17) is 0 Å². The predicted octanol–water partition coefficient (Wildman–Crippen LogP) is 2.51. The van der Waals surface area contributed by atoms with Crippen molar-refractivity contribution < 1.29 is 26.4 Å². The third-order valence-electron chi connectivity index (χ3n) is 1.16. The van der Waals surface area contributed by atoms with Crippen molar-refractivity contribution in [1.82, 2.24) is 5.12 Å². The van der Waals surface area contributed by atoms with Crippen molar-refractivity contribution in [2.45, 2.75) is 12.0 Å². The fraction of sp³-hybridized carbons (Fsp3) is 0.600. The van der Waals surface area contributed by atoms with Crippen LogP contribution in [0.2, 0.25) is 0 Å². The quantitative estimate of drug-likeness (QED) is 0.370. The van der Waals surface area contributed by atoms with Crippen LogP contribution in [0, 0.1) is 0 Å². The molecule has 1 unspecified atom stereocenters. The fourth-order valence-corrected chi connectivity index (χ4v) is 0.496. The van der Waals surface area contributed by atoms with E-state index in [0.29, 0.717) is 0 Å². The molecule has 0 N–H and O–H groups in total. The fourth-order valence-electron chi connectivity index (χ4n) is 0.496. The second-order valence-corrected chi connectivity index (χ2v) is 2.00. The molecule has 0 saturated carbocycles. The molecule has 0 bridgehead atoms. The van der Waals surface area contributed by atoms with Crippen LogP contribution < -0.4 is 0 Å². The molecule has 0 radical (unpaired) electrons. The monoisotopic (exact) mass is 193 g/mol. The first-order valence-electron chi connectivity index (χ1n) is 2.64. The van der Waals surface area contributed by atoms with Crippen LogP contribution in [0.1, 0.15) is 0 Å². The Labute approximate surface area is 64.2 Å². The summed E-state index contributed by atoms with van der Waals surface area (Å²) in [5.41, 5.74) is 0. The summed E-state index contributed by atoms with van der Waals surface area (Å²) in [5.74, 6) is -7.20. The van der Waals surface area contributed by atoms with E-state index in [1.54, 1.807) is 0 Å². The molecular weight excluding hydrogens is 188 g/mol. The van der Waals surface area contributed by atoms with E-state index in [1.165, 1.54) is 0 Å². The smallest absolute Gasteiger partial charge is 0.207 e. The van der Waals surface area contributed by atoms with Crippen LogP contribution in [0.4, 0.5) is 26.4 Å². The zero-order valence-electron chi connectivity index (χ0n) is 5.92. The molecule has 0 amide bonds. The predicted molar refractivity (Wildman–Crippen MR) is 29.0 cm³/mol. The minimum atomic E-state index is -5.69. The van der Waals surface area contributed by atoms with Crippen LogP contribution in [0.25, 0.3) is 0 Å². The Kier molecular flexibility index (Phi) is 2.79. The number of likely N-dealkylation sites (N-methyl/N-ethyl adjacent to an activating group) is 1. The largest absolute Gasteiger partial charge is 0.445 e. The highest BCUT2D eigenvalue weighted by Crippen LogP contribution is 2.41. The Morgan fingerprint density at radius 3 is 1.58 bits per heavy atom. The highest BCUT2D eigenvalue weighted by molar-refractivity contribution is 5.06. The molecule has 0 aliphatic carbocycles. The van der Waals surface area contributed by atoms with Gasteiger partial charge in [-0.15, -0.1) is 4.48 Å². The Hall–Kier alpha value is -0.720. The molecule has 0 spiro atoms. The maximum absolute atomic E-state index is 12.5. The van der Waals surface area contributed by atoms with Crippen molar-refractivity contribution in [2.24, 2.45) is 0 Å². The third-order valence-corrected chi connectivity index (χ3v) is 1.16. The first-order valence-corrected chi connectivity index (χ1v) is 2.64. The molecule has 0 aromatic carbocycles. The Balaban J connectivity index is 5.02. The van der Waals surface area contributed by atoms with Gasteiger partial charge in [0.05, 0.1) is 0 Å². The van der Waals surface area contributed by atoms with E-state index in [0.717, 1.165) is 0 Å². The van der Waals surface area contributed by atoms with Gasteiger partial charge < -0.3 is 0 Å². The minimum Gasteiger partial charge on any atom is -0.207 e. The molecule has 0 rings (SSSR count). The average Bonchev–Trinajstić information content (AvgIpc) is 1.82. The van der Waals surface area contributed by atoms with Crippen LogP contribution in [0.3, 0.4) is 0 Å². The van der Waals surface area contributed by atoms with E-state index in [9.17, 15) is 26.4 Å². The summed E-state index contributed by atoms with van der Waals surface area (Å²) in [7, 11) is 0.109. The minimum absolute atomic E-state index is 0.109. The van der Waals surface area contributed by atoms with Gasteiger partial charge in [-0.05, 0) is 0 Å². The maximum atomic E-state index is 12.5. The van der Waals surface area contributed by atoms with Crippen LogP contribution in [-0.2, 0) is 0 Å². The van der Waals surface area contributed by atoms with Crippen molar-refractivity contribution in [3.05, 3.63) is 12.4 Å². The Morgan fingerprint density at radius 1 is 1.25 bits per heavy atom. The number of hydrogen-bond donors (Lipinski definition) is 0. The van der Waals surface area contributed by atoms with E-state index >= 15 is 0 Å². The van der Waals surface area contributed by atoms with Crippen LogP contribution in [0.5, 0.6) is 0 Å². The van der Waals surface area contributed by atoms with Crippen molar-refractivity contribution >= 4 is 0 Å². The summed E-state index contributed by atoms with van der Waals surface area (Å²) in [6.07, 6.45) is -5.69. The van der Waals surface area contributed by atoms with Gasteiger partial charge in [0.1, 0.15) is 0 Å². The number of alkyl halides is 4. The van der Waals surface area contributed by atoms with Crippen molar-refractivity contribution in [3.8, 4) is 0 Å². The van der Waals surface area contributed by atoms with Crippen molar-refractivity contribution in [3.63, 3.8) is 0 Å². The van der Waals surface area contributed by atoms with Gasteiger partial charge in [0.25, 0.3) is 0 Å². The molecule has 0 saturated heterocycles. The summed E-state index contributed by atoms with van der Waals surface area (Å²) in [6, 6.07) is 0. The molecular formula is C5H5F6N. The number of halogens is 6. The highest BCUT2D eigenvalue weighted by Gasteiger charge is 2.63. The topological polar surface area (TPSA) is 3.24 Å². The summed E-state index contributed by atoms with van der Waals surface area (Å²) < 4.78 is 71.3. The lowest BCUT2D eigenvalue weighted by atomic mass is 10.2. The lowest BCUT2D eigenvalue weighted by Gasteiger charge is -2.28. The van der Waals surface area contributed by atoms with Gasteiger partial charge >= 0.3 is 12.0 Å². The van der Waals surface area contributed by atoms with E-state index in [-0.39, 0.29) is 7.05 Å². The standard InChI is InChI=1S/C5H5F6N/c1-3(6)4(7,12(2)11)5(8,9)10/h1H2,2H3. The normalized spacial score (nSPS) is 17.7. The van der Waals surface area contributed by atoms with Gasteiger partial charge in [-0.3, -0.25) is 0 Å². The summed E-state index contributed by atoms with van der Waals surface area (Å²) in [6.45, 7) is 2.07. The summed E-state index contributed by atoms with van der Waals surface area (Å²) >= 11 is 0. The highest BCUT2D eigenvalue weighted by atomic mass is 19.4. The zero-order valence-corrected chi connectivity index (χ0v) is 5.92. The number of nitrogens with zero attached hydrogens (tertiary/aromatic N) is 1. The van der Waals surface area contributed by atoms with E-state index < -0.39 is 22.9 Å². The molecule has 0 aromatic heterocycles. The molecule has 7 heteroatoms. The van der Waals surface area contributed by atoms with Crippen LogP contribution >= 0.6 is 0 Å². The molecule has 0 aliphatic heterocycles. The molecule has 1 nitrogen and oxygen atoms in total. The molecule has 0 aromatic rings. The van der Waals surface area contributed by atoms with Crippen LogP contribution in [-0.4, -0.2) is 24.1 Å². The number of hydrogen-bond acceptors (Lipinski definition) is 1. The van der Waals surface area contributed by atoms with Gasteiger partial charge in [-0.25, -0.2) is 8.78 Å². The summed E-state index contributed by atoms with van der Waals surface area (Å²) in [4.78, 5) is 0. The average molecular weight is 193 g/mol. The van der Waals surface area contributed by atoms with Gasteiger partial charge in [-0.2, -0.15) is 13.2 Å². The molecule has 0 aliphatic rings. The molecule has 0 heterocycles. The lowest BCUT2D eigenvalue weighted by molar-refractivity contribution is -0.304. The second kappa shape index (κ2) is 2.96. The summed E-state index contributed by atoms with van der Waals surface area (Å²) in [5, 5.41) is -1.42. The van der Waals surface area contributed by atoms with E-state index in [1.807, 2.05) is 0 Å². The molecule has 0 fully saturated rings. The zero-order chi connectivity index (χ0) is 10.2. The van der Waals surface area contributed by atoms with Crippen molar-refractivity contribution in [1.29, 1.82) is 0 Å². The van der Waals surface area contributed by atoms with Gasteiger partial charge in [0.15, 0.2) is 5.83 Å². The first-order chi connectivity index (χ1) is 5.14. The third kappa shape index (κ3) is 1.55. The van der Waals surface area contributed by atoms with Crippen LogP contribution in [0.15, 0.2) is 12.4 Å². The first kappa shape index (κ1) is 11.3. The molecule has 1 atom stereocenters. The number of rotatable bonds is 2. The molecule has 72 valence electrons. The van der Waals surface area contributed by atoms with Gasteiger partial charge in [0.2, 0.25) is 0 Å². The Morgan fingerprint density at radius 2 is 1.58 bits per heavy atom.